The van der Waals surface area contributed by atoms with Gasteiger partial charge in [-0.3, -0.25) is 4.79 Å². The van der Waals surface area contributed by atoms with Crippen LogP contribution >= 0.6 is 0 Å². The lowest BCUT2D eigenvalue weighted by Crippen LogP contribution is -2.42. The molecule has 0 aromatic carbocycles. The molecule has 1 saturated carbocycles. The summed E-state index contributed by atoms with van der Waals surface area (Å²) in [6.45, 7) is 6.21. The first-order chi connectivity index (χ1) is 5.45. The Balaban J connectivity index is 2.90. The predicted molar refractivity (Wildman–Crippen MR) is 46.8 cm³/mol. The van der Waals surface area contributed by atoms with Gasteiger partial charge in [0.25, 0.3) is 0 Å². The van der Waals surface area contributed by atoms with Crippen molar-refractivity contribution in [3.05, 3.63) is 0 Å². The van der Waals surface area contributed by atoms with Crippen molar-refractivity contribution in [2.45, 2.75) is 26.3 Å². The Morgan fingerprint density at radius 3 is 2.00 bits per heavy atom. The van der Waals surface area contributed by atoms with E-state index in [0.29, 0.717) is 5.92 Å². The average Bonchev–Trinajstić information content (AvgIpc) is 2.47. The Morgan fingerprint density at radius 1 is 1.50 bits per heavy atom. The second kappa shape index (κ2) is 2.46. The predicted octanol–water partition coefficient (Wildman–Crippen LogP) is 0.793. The second-order valence-electron chi connectivity index (χ2n) is 3.99. The van der Waals surface area contributed by atoms with Gasteiger partial charge in [-0.1, -0.05) is 20.8 Å². The lowest BCUT2D eigenvalue weighted by Gasteiger charge is -2.16. The minimum Gasteiger partial charge on any atom is -0.468 e. The highest BCUT2D eigenvalue weighted by Crippen LogP contribution is 2.61. The Morgan fingerprint density at radius 2 is 1.92 bits per heavy atom. The van der Waals surface area contributed by atoms with Crippen LogP contribution in [0.2, 0.25) is 0 Å². The third kappa shape index (κ3) is 0.774. The number of likely N-dealkylation sites (N-methyl/N-ethyl adjacent to an activating group) is 1. The third-order valence-corrected chi connectivity index (χ3v) is 3.57. The highest BCUT2D eigenvalue weighted by atomic mass is 16.5. The highest BCUT2D eigenvalue weighted by molar-refractivity contribution is 5.87. The van der Waals surface area contributed by atoms with Crippen LogP contribution < -0.4 is 5.32 Å². The maximum Gasteiger partial charge on any atom is 0.326 e. The summed E-state index contributed by atoms with van der Waals surface area (Å²) in [4.78, 5) is 11.5. The van der Waals surface area contributed by atoms with E-state index < -0.39 is 5.54 Å². The van der Waals surface area contributed by atoms with E-state index >= 15 is 0 Å². The fourth-order valence-corrected chi connectivity index (χ4v) is 2.26. The number of nitrogens with one attached hydrogen (secondary N) is 1. The van der Waals surface area contributed by atoms with Crippen LogP contribution in [-0.2, 0) is 9.53 Å². The van der Waals surface area contributed by atoms with Gasteiger partial charge in [0.05, 0.1) is 7.11 Å². The van der Waals surface area contributed by atoms with Gasteiger partial charge in [0.15, 0.2) is 0 Å². The van der Waals surface area contributed by atoms with Crippen LogP contribution in [0.4, 0.5) is 0 Å². The number of methoxy groups -OCH3 is 1. The van der Waals surface area contributed by atoms with Crippen LogP contribution in [0.1, 0.15) is 20.8 Å². The van der Waals surface area contributed by atoms with Gasteiger partial charge in [0, 0.05) is 0 Å². The van der Waals surface area contributed by atoms with Gasteiger partial charge in [-0.15, -0.1) is 0 Å². The summed E-state index contributed by atoms with van der Waals surface area (Å²) in [6.07, 6.45) is 0. The number of rotatable bonds is 2. The topological polar surface area (TPSA) is 38.3 Å². The maximum absolute atomic E-state index is 11.5. The van der Waals surface area contributed by atoms with Gasteiger partial charge in [0.1, 0.15) is 5.54 Å². The largest absolute Gasteiger partial charge is 0.468 e. The van der Waals surface area contributed by atoms with E-state index in [9.17, 15) is 4.79 Å². The van der Waals surface area contributed by atoms with E-state index in [-0.39, 0.29) is 11.4 Å². The molecule has 3 nitrogen and oxygen atoms in total. The van der Waals surface area contributed by atoms with Gasteiger partial charge >= 0.3 is 5.97 Å². The van der Waals surface area contributed by atoms with E-state index in [2.05, 4.69) is 26.1 Å². The number of hydrogen-bond acceptors (Lipinski definition) is 3. The molecule has 0 amide bonds. The van der Waals surface area contributed by atoms with E-state index in [4.69, 9.17) is 4.74 Å². The molecule has 0 heterocycles. The Bertz CT molecular complexity index is 213. The zero-order valence-electron chi connectivity index (χ0n) is 8.39. The molecular weight excluding hydrogens is 154 g/mol. The Hall–Kier alpha value is -0.570. The van der Waals surface area contributed by atoms with Crippen molar-refractivity contribution < 1.29 is 9.53 Å². The van der Waals surface area contributed by atoms with Crippen molar-refractivity contribution in [2.24, 2.45) is 11.3 Å². The van der Waals surface area contributed by atoms with Crippen LogP contribution in [0.3, 0.4) is 0 Å². The minimum atomic E-state index is -0.457. The van der Waals surface area contributed by atoms with Gasteiger partial charge in [-0.25, -0.2) is 0 Å². The van der Waals surface area contributed by atoms with Gasteiger partial charge in [-0.05, 0) is 18.4 Å². The molecule has 2 atom stereocenters. The molecule has 3 heteroatoms. The molecule has 1 aliphatic carbocycles. The van der Waals surface area contributed by atoms with Gasteiger partial charge in [-0.2, -0.15) is 0 Å². The molecule has 1 aliphatic rings. The molecule has 12 heavy (non-hydrogen) atoms. The van der Waals surface area contributed by atoms with Crippen molar-refractivity contribution in [3.8, 4) is 0 Å². The zero-order valence-corrected chi connectivity index (χ0v) is 8.39. The molecule has 2 unspecified atom stereocenters. The lowest BCUT2D eigenvalue weighted by molar-refractivity contribution is -0.145. The quantitative estimate of drug-likeness (QED) is 0.624. The van der Waals surface area contributed by atoms with Gasteiger partial charge < -0.3 is 10.1 Å². The van der Waals surface area contributed by atoms with E-state index in [1.807, 2.05) is 7.05 Å². The molecule has 0 saturated heterocycles. The van der Waals surface area contributed by atoms with E-state index in [1.54, 1.807) is 0 Å². The summed E-state index contributed by atoms with van der Waals surface area (Å²) in [5.41, 5.74) is -0.448. The molecule has 1 N–H and O–H groups in total. The number of esters is 1. The number of ether oxygens (including phenoxy) is 1. The van der Waals surface area contributed by atoms with Crippen molar-refractivity contribution in [1.82, 2.24) is 5.32 Å². The van der Waals surface area contributed by atoms with E-state index in [0.717, 1.165) is 0 Å². The van der Waals surface area contributed by atoms with E-state index in [1.165, 1.54) is 7.11 Å². The number of hydrogen-bond donors (Lipinski definition) is 1. The minimum absolute atomic E-state index is 0.00877. The van der Waals surface area contributed by atoms with Crippen LogP contribution in [0.15, 0.2) is 0 Å². The standard InChI is InChI=1S/C9H17NO2/c1-6-8(2,3)9(6,10-4)7(11)12-5/h6,10H,1-5H3. The summed E-state index contributed by atoms with van der Waals surface area (Å²) >= 11 is 0. The van der Waals surface area contributed by atoms with Crippen molar-refractivity contribution in [3.63, 3.8) is 0 Å². The molecule has 0 aromatic heterocycles. The van der Waals surface area contributed by atoms with Crippen LogP contribution in [0.25, 0.3) is 0 Å². The maximum atomic E-state index is 11.5. The molecule has 1 fully saturated rings. The summed E-state index contributed by atoms with van der Waals surface area (Å²) in [5.74, 6) is 0.185. The number of carbonyl (C=O) groups excluding carboxylic acids is 1. The molecular formula is C9H17NO2. The second-order valence-corrected chi connectivity index (χ2v) is 3.99. The smallest absolute Gasteiger partial charge is 0.326 e. The fourth-order valence-electron chi connectivity index (χ4n) is 2.26. The van der Waals surface area contributed by atoms with Gasteiger partial charge in [0.2, 0.25) is 0 Å². The molecule has 70 valence electrons. The number of carbonyl (C=O) groups is 1. The summed E-state index contributed by atoms with van der Waals surface area (Å²) in [7, 11) is 3.24. The Labute approximate surface area is 73.5 Å². The first kappa shape index (κ1) is 9.52. The first-order valence-corrected chi connectivity index (χ1v) is 4.22. The summed E-state index contributed by atoms with van der Waals surface area (Å²) < 4.78 is 4.77. The summed E-state index contributed by atoms with van der Waals surface area (Å²) in [5, 5.41) is 3.07. The SMILES string of the molecule is CNC1(C(=O)OC)C(C)C1(C)C. The molecule has 0 spiro atoms. The molecule has 1 rings (SSSR count). The monoisotopic (exact) mass is 171 g/mol. The molecule has 0 radical (unpaired) electrons. The molecule has 0 aliphatic heterocycles. The van der Waals surface area contributed by atoms with Crippen molar-refractivity contribution in [2.75, 3.05) is 14.2 Å². The Kier molecular flexibility index (Phi) is 1.95. The summed E-state index contributed by atoms with van der Waals surface area (Å²) in [6, 6.07) is 0. The van der Waals surface area contributed by atoms with Crippen molar-refractivity contribution in [1.29, 1.82) is 0 Å². The first-order valence-electron chi connectivity index (χ1n) is 4.22. The van der Waals surface area contributed by atoms with Crippen LogP contribution in [0, 0.1) is 11.3 Å². The molecule has 0 bridgehead atoms. The fraction of sp³-hybridized carbons (Fsp3) is 0.889. The normalized spacial score (nSPS) is 37.6. The average molecular weight is 171 g/mol. The lowest BCUT2D eigenvalue weighted by atomic mass is 10.1. The zero-order chi connectivity index (χ0) is 9.57. The van der Waals surface area contributed by atoms with Crippen molar-refractivity contribution >= 4 is 5.97 Å². The third-order valence-electron chi connectivity index (χ3n) is 3.57. The molecule has 0 aromatic rings. The van der Waals surface area contributed by atoms with Crippen LogP contribution in [-0.4, -0.2) is 25.7 Å². The highest BCUT2D eigenvalue weighted by Gasteiger charge is 2.73. The van der Waals surface area contributed by atoms with Crippen LogP contribution in [0.5, 0.6) is 0 Å².